The number of thiol groups is 2. The van der Waals surface area contributed by atoms with Gasteiger partial charge < -0.3 is 0 Å². The molecule has 0 amide bonds. The van der Waals surface area contributed by atoms with Gasteiger partial charge in [0.1, 0.15) is 0 Å². The summed E-state index contributed by atoms with van der Waals surface area (Å²) in [6, 6.07) is 0. The van der Waals surface area contributed by atoms with Gasteiger partial charge in [-0.3, -0.25) is 0 Å². The fourth-order valence-corrected chi connectivity index (χ4v) is 0.693. The summed E-state index contributed by atoms with van der Waals surface area (Å²) in [5.41, 5.74) is 0. The minimum Gasteiger partial charge on any atom is -0.231 e. The van der Waals surface area contributed by atoms with Crippen LogP contribution in [0.4, 0.5) is 0 Å². The van der Waals surface area contributed by atoms with E-state index in [-0.39, 0.29) is 0 Å². The van der Waals surface area contributed by atoms with Gasteiger partial charge in [0.15, 0.2) is 26.0 Å². The van der Waals surface area contributed by atoms with E-state index < -0.39 is 26.0 Å². The molecular formula is C2H5O4S2. The number of hydrogen-bond donors (Lipinski definition) is 2. The summed E-state index contributed by atoms with van der Waals surface area (Å²) in [5, 5.41) is 0. The Morgan fingerprint density at radius 3 is 1.25 bits per heavy atom. The van der Waals surface area contributed by atoms with Gasteiger partial charge >= 0.3 is 0 Å². The molecule has 0 heterocycles. The van der Waals surface area contributed by atoms with Crippen molar-refractivity contribution >= 4 is 21.4 Å². The molecule has 49 valence electrons. The van der Waals surface area contributed by atoms with Gasteiger partial charge in [-0.05, 0) is 6.92 Å². The predicted molar refractivity (Wildman–Crippen MR) is 29.8 cm³/mol. The zero-order valence-corrected chi connectivity index (χ0v) is 5.60. The Balaban J connectivity index is 4.27. The van der Waals surface area contributed by atoms with Crippen LogP contribution in [0.1, 0.15) is 0 Å². The second kappa shape index (κ2) is 3.03. The zero-order valence-electron chi connectivity index (χ0n) is 3.81. The van der Waals surface area contributed by atoms with Crippen LogP contribution in [0.2, 0.25) is 0 Å². The topological polar surface area (TPSA) is 68.3 Å². The van der Waals surface area contributed by atoms with E-state index >= 15 is 0 Å². The van der Waals surface area contributed by atoms with E-state index in [4.69, 9.17) is 0 Å². The molecule has 0 spiro atoms. The fourth-order valence-electron chi connectivity index (χ4n) is 0.0770. The lowest BCUT2D eigenvalue weighted by Crippen LogP contribution is -2.04. The fraction of sp³-hybridized carbons (Fsp3) is 0.500. The van der Waals surface area contributed by atoms with Crippen LogP contribution in [0.3, 0.4) is 0 Å². The molecule has 6 heteroatoms. The first-order chi connectivity index (χ1) is 3.55. The highest BCUT2D eigenvalue weighted by atomic mass is 32.2. The monoisotopic (exact) mass is 157 g/mol. The summed E-state index contributed by atoms with van der Waals surface area (Å²) in [5.74, 6) is 0. The van der Waals surface area contributed by atoms with Crippen LogP contribution in [0.15, 0.2) is 0 Å². The first kappa shape index (κ1) is 7.90. The van der Waals surface area contributed by atoms with Gasteiger partial charge in [0.25, 0.3) is 0 Å². The lowest BCUT2D eigenvalue weighted by Gasteiger charge is -1.84. The van der Waals surface area contributed by atoms with E-state index in [1.165, 1.54) is 0 Å². The van der Waals surface area contributed by atoms with Crippen LogP contribution in [0.5, 0.6) is 0 Å². The Hall–Kier alpha value is -0.100. The lowest BCUT2D eigenvalue weighted by molar-refractivity contribution is 0.602. The first-order valence-corrected chi connectivity index (χ1v) is 4.15. The van der Waals surface area contributed by atoms with E-state index in [9.17, 15) is 16.8 Å². The van der Waals surface area contributed by atoms with Crippen molar-refractivity contribution in [2.24, 2.45) is 0 Å². The van der Waals surface area contributed by atoms with Crippen molar-refractivity contribution in [1.29, 1.82) is 0 Å². The van der Waals surface area contributed by atoms with Crippen LogP contribution in [0, 0.1) is 6.92 Å². The second-order valence-electron chi connectivity index (χ2n) is 1.05. The Kier molecular flexibility index (Phi) is 2.99. The maximum absolute atomic E-state index is 9.73. The van der Waals surface area contributed by atoms with Gasteiger partial charge in [-0.2, -0.15) is 0 Å². The minimum absolute atomic E-state index is 1.47. The molecule has 0 N–H and O–H groups in total. The summed E-state index contributed by atoms with van der Waals surface area (Å²) in [4.78, 5) is 0. The molecule has 0 aliphatic carbocycles. The van der Waals surface area contributed by atoms with Gasteiger partial charge in [0.2, 0.25) is 0 Å². The standard InChI is InChI=1S/C2H5O4S2/c1-2(7(3)4)8(5)6/h2,7-8H,1H2. The van der Waals surface area contributed by atoms with Crippen LogP contribution in [-0.2, 0) is 21.4 Å². The predicted octanol–water partition coefficient (Wildman–Crippen LogP) is -1.63. The summed E-state index contributed by atoms with van der Waals surface area (Å²) in [6.07, 6.45) is 0. The maximum Gasteiger partial charge on any atom is 0.157 e. The van der Waals surface area contributed by atoms with Gasteiger partial charge in [-0.25, -0.2) is 16.8 Å². The highest BCUT2D eigenvalue weighted by molar-refractivity contribution is 7.91. The van der Waals surface area contributed by atoms with Crippen molar-refractivity contribution < 1.29 is 16.8 Å². The average Bonchev–Trinajstić information content (AvgIpc) is 1.64. The van der Waals surface area contributed by atoms with Gasteiger partial charge in [0, 0.05) is 0 Å². The summed E-state index contributed by atoms with van der Waals surface area (Å²) in [7, 11) is -5.82. The summed E-state index contributed by atoms with van der Waals surface area (Å²) >= 11 is 0. The van der Waals surface area contributed by atoms with E-state index in [1.807, 2.05) is 0 Å². The van der Waals surface area contributed by atoms with Crippen LogP contribution >= 0.6 is 0 Å². The molecule has 0 saturated carbocycles. The van der Waals surface area contributed by atoms with Crippen molar-refractivity contribution in [2.75, 3.05) is 0 Å². The quantitative estimate of drug-likeness (QED) is 0.472. The molecule has 0 aromatic rings. The van der Waals surface area contributed by atoms with Crippen molar-refractivity contribution in [3.8, 4) is 0 Å². The molecule has 0 unspecified atom stereocenters. The van der Waals surface area contributed by atoms with Crippen molar-refractivity contribution in [3.63, 3.8) is 0 Å². The van der Waals surface area contributed by atoms with E-state index in [0.29, 0.717) is 0 Å². The van der Waals surface area contributed by atoms with Crippen molar-refractivity contribution in [1.82, 2.24) is 0 Å². The molecule has 0 aromatic carbocycles. The molecule has 0 aliphatic rings. The largest absolute Gasteiger partial charge is 0.231 e. The molecule has 8 heavy (non-hydrogen) atoms. The van der Waals surface area contributed by atoms with E-state index in [0.717, 1.165) is 0 Å². The average molecular weight is 157 g/mol. The molecule has 4 nitrogen and oxygen atoms in total. The Morgan fingerprint density at radius 1 is 1.00 bits per heavy atom. The van der Waals surface area contributed by atoms with Gasteiger partial charge in [0.05, 0.1) is 0 Å². The highest BCUT2D eigenvalue weighted by Crippen LogP contribution is 1.83. The molecule has 0 rings (SSSR count). The zero-order chi connectivity index (χ0) is 6.73. The normalized spacial score (nSPS) is 11.5. The molecular weight excluding hydrogens is 152 g/mol. The summed E-state index contributed by atoms with van der Waals surface area (Å²) in [6.45, 7) is 2.84. The maximum atomic E-state index is 9.73. The SMILES string of the molecule is [CH2]C([SH](=O)=O)[SH](=O)=O. The number of rotatable bonds is 2. The minimum atomic E-state index is -2.91. The molecule has 0 aromatic heterocycles. The van der Waals surface area contributed by atoms with E-state index in [1.54, 1.807) is 0 Å². The molecule has 1 radical (unpaired) electrons. The van der Waals surface area contributed by atoms with Crippen LogP contribution < -0.4 is 0 Å². The molecule has 0 fully saturated rings. The first-order valence-electron chi connectivity index (χ1n) is 1.65. The molecule has 0 bridgehead atoms. The van der Waals surface area contributed by atoms with Crippen LogP contribution in [-0.4, -0.2) is 21.4 Å². The molecule has 0 saturated heterocycles. The Bertz CT molecular complexity index is 162. The Morgan fingerprint density at radius 2 is 1.25 bits per heavy atom. The van der Waals surface area contributed by atoms with E-state index in [2.05, 4.69) is 6.92 Å². The molecule has 0 atom stereocenters. The lowest BCUT2D eigenvalue weighted by atomic mass is 11.0. The van der Waals surface area contributed by atoms with Gasteiger partial charge in [-0.1, -0.05) is 0 Å². The Labute approximate surface area is 50.4 Å². The third-order valence-electron chi connectivity index (χ3n) is 0.487. The van der Waals surface area contributed by atoms with Gasteiger partial charge in [-0.15, -0.1) is 0 Å². The van der Waals surface area contributed by atoms with Crippen LogP contribution in [0.25, 0.3) is 0 Å². The third-order valence-corrected chi connectivity index (χ3v) is 2.59. The third kappa shape index (κ3) is 2.27. The van der Waals surface area contributed by atoms with Crippen molar-refractivity contribution in [2.45, 2.75) is 4.58 Å². The van der Waals surface area contributed by atoms with Crippen molar-refractivity contribution in [3.05, 3.63) is 6.92 Å². The number of hydrogen-bond acceptors (Lipinski definition) is 4. The summed E-state index contributed by atoms with van der Waals surface area (Å²) < 4.78 is 37.5. The second-order valence-corrected chi connectivity index (χ2v) is 3.85. The highest BCUT2D eigenvalue weighted by Gasteiger charge is 2.04. The molecule has 0 aliphatic heterocycles. The smallest absolute Gasteiger partial charge is 0.157 e.